The zero-order valence-corrected chi connectivity index (χ0v) is 8.97. The van der Waals surface area contributed by atoms with E-state index in [1.54, 1.807) is 0 Å². The van der Waals surface area contributed by atoms with E-state index in [4.69, 9.17) is 11.8 Å². The first-order valence-electron chi connectivity index (χ1n) is 5.42. The SMILES string of the molecule is CCCC[NH+]1CCC(CC)C1.[C-]#N. The summed E-state index contributed by atoms with van der Waals surface area (Å²) in [6.07, 6.45) is 5.66. The van der Waals surface area contributed by atoms with Crippen LogP contribution in [0.2, 0.25) is 0 Å². The largest absolute Gasteiger partial charge is 0.512 e. The van der Waals surface area contributed by atoms with Crippen molar-refractivity contribution in [2.45, 2.75) is 39.5 Å². The van der Waals surface area contributed by atoms with E-state index in [1.165, 1.54) is 45.3 Å². The van der Waals surface area contributed by atoms with Crippen LogP contribution in [0.4, 0.5) is 0 Å². The number of likely N-dealkylation sites (tertiary alicyclic amines) is 1. The topological polar surface area (TPSA) is 28.2 Å². The van der Waals surface area contributed by atoms with Gasteiger partial charge in [-0.15, -0.1) is 0 Å². The lowest BCUT2D eigenvalue weighted by atomic mass is 10.1. The number of quaternary nitrogens is 1. The highest BCUT2D eigenvalue weighted by Gasteiger charge is 2.23. The summed E-state index contributed by atoms with van der Waals surface area (Å²) < 4.78 is 0. The monoisotopic (exact) mass is 182 g/mol. The molecule has 2 unspecified atom stereocenters. The smallest absolute Gasteiger partial charge is 0.0801 e. The Hall–Kier alpha value is -0.550. The van der Waals surface area contributed by atoms with Crippen LogP contribution in [0.3, 0.4) is 0 Å². The first-order valence-corrected chi connectivity index (χ1v) is 5.42. The van der Waals surface area contributed by atoms with Gasteiger partial charge in [0.1, 0.15) is 0 Å². The van der Waals surface area contributed by atoms with Gasteiger partial charge in [-0.05, 0) is 12.8 Å². The molecule has 0 radical (unpaired) electrons. The normalized spacial score (nSPS) is 26.5. The van der Waals surface area contributed by atoms with E-state index in [2.05, 4.69) is 13.8 Å². The predicted octanol–water partition coefficient (Wildman–Crippen LogP) is 1.20. The van der Waals surface area contributed by atoms with Crippen molar-refractivity contribution in [1.82, 2.24) is 0 Å². The Morgan fingerprint density at radius 3 is 2.54 bits per heavy atom. The van der Waals surface area contributed by atoms with E-state index >= 15 is 0 Å². The van der Waals surface area contributed by atoms with Crippen molar-refractivity contribution >= 4 is 0 Å². The molecule has 13 heavy (non-hydrogen) atoms. The van der Waals surface area contributed by atoms with E-state index in [0.717, 1.165) is 5.92 Å². The van der Waals surface area contributed by atoms with E-state index in [-0.39, 0.29) is 0 Å². The molecule has 1 N–H and O–H groups in total. The molecular formula is C11H22N2. The molecule has 0 aromatic rings. The van der Waals surface area contributed by atoms with Crippen molar-refractivity contribution in [3.8, 4) is 0 Å². The highest BCUT2D eigenvalue weighted by atomic mass is 15.1. The number of rotatable bonds is 4. The van der Waals surface area contributed by atoms with Crippen LogP contribution in [0, 0.1) is 17.8 Å². The van der Waals surface area contributed by atoms with Crippen LogP contribution in [0.1, 0.15) is 39.5 Å². The van der Waals surface area contributed by atoms with Gasteiger partial charge in [-0.1, -0.05) is 20.3 Å². The third-order valence-electron chi connectivity index (χ3n) is 2.94. The van der Waals surface area contributed by atoms with Gasteiger partial charge in [0.2, 0.25) is 0 Å². The fourth-order valence-corrected chi connectivity index (χ4v) is 2.02. The Labute approximate surface area is 82.5 Å². The zero-order chi connectivity index (χ0) is 10.1. The molecule has 2 nitrogen and oxygen atoms in total. The number of hydrogen-bond donors (Lipinski definition) is 1. The molecule has 1 heterocycles. The average Bonchev–Trinajstić information content (AvgIpc) is 2.65. The second-order valence-corrected chi connectivity index (χ2v) is 3.87. The third-order valence-corrected chi connectivity index (χ3v) is 2.94. The Balaban J connectivity index is 0.000000671. The van der Waals surface area contributed by atoms with Crippen LogP contribution < -0.4 is 4.90 Å². The second kappa shape index (κ2) is 8.07. The molecule has 2 atom stereocenters. The number of nitrogens with zero attached hydrogens (tertiary/aromatic N) is 1. The average molecular weight is 182 g/mol. The van der Waals surface area contributed by atoms with Crippen molar-refractivity contribution < 1.29 is 4.90 Å². The van der Waals surface area contributed by atoms with Gasteiger partial charge in [-0.25, -0.2) is 0 Å². The van der Waals surface area contributed by atoms with Gasteiger partial charge in [-0.2, -0.15) is 0 Å². The van der Waals surface area contributed by atoms with Gasteiger partial charge in [0.15, 0.2) is 0 Å². The van der Waals surface area contributed by atoms with Crippen LogP contribution in [-0.2, 0) is 0 Å². The van der Waals surface area contributed by atoms with Gasteiger partial charge in [0, 0.05) is 12.3 Å². The molecule has 1 rings (SSSR count). The van der Waals surface area contributed by atoms with Gasteiger partial charge in [0.25, 0.3) is 0 Å². The van der Waals surface area contributed by atoms with Crippen molar-refractivity contribution in [1.29, 1.82) is 5.26 Å². The van der Waals surface area contributed by atoms with Crippen molar-refractivity contribution in [3.05, 3.63) is 6.57 Å². The van der Waals surface area contributed by atoms with Gasteiger partial charge in [0.05, 0.1) is 19.6 Å². The Morgan fingerprint density at radius 1 is 1.38 bits per heavy atom. The summed E-state index contributed by atoms with van der Waals surface area (Å²) in [6.45, 7) is 13.7. The zero-order valence-electron chi connectivity index (χ0n) is 8.97. The maximum Gasteiger partial charge on any atom is 0.0801 e. The minimum absolute atomic E-state index is 1.04. The fraction of sp³-hybridized carbons (Fsp3) is 0.909. The highest BCUT2D eigenvalue weighted by molar-refractivity contribution is 4.59. The van der Waals surface area contributed by atoms with E-state index in [9.17, 15) is 0 Å². The molecule has 0 spiro atoms. The third kappa shape index (κ3) is 4.90. The summed E-state index contributed by atoms with van der Waals surface area (Å²) >= 11 is 0. The lowest BCUT2D eigenvalue weighted by Crippen LogP contribution is -3.10. The number of hydrogen-bond acceptors (Lipinski definition) is 1. The Bertz CT molecular complexity index is 131. The van der Waals surface area contributed by atoms with Gasteiger partial charge >= 0.3 is 0 Å². The molecule has 0 bridgehead atoms. The molecule has 2 heteroatoms. The minimum atomic E-state index is 1.04. The fourth-order valence-electron chi connectivity index (χ4n) is 2.02. The van der Waals surface area contributed by atoms with Crippen LogP contribution in [0.15, 0.2) is 0 Å². The molecule has 1 aliphatic rings. The van der Waals surface area contributed by atoms with Crippen molar-refractivity contribution in [3.63, 3.8) is 0 Å². The van der Waals surface area contributed by atoms with Crippen LogP contribution >= 0.6 is 0 Å². The summed E-state index contributed by atoms with van der Waals surface area (Å²) in [5.41, 5.74) is 0. The quantitative estimate of drug-likeness (QED) is 0.650. The molecule has 0 aromatic heterocycles. The van der Waals surface area contributed by atoms with Gasteiger partial charge < -0.3 is 16.7 Å². The van der Waals surface area contributed by atoms with Crippen LogP contribution in [0.5, 0.6) is 0 Å². The minimum Gasteiger partial charge on any atom is -0.512 e. The maximum atomic E-state index is 6.25. The van der Waals surface area contributed by atoms with E-state index in [0.29, 0.717) is 0 Å². The predicted molar refractivity (Wildman–Crippen MR) is 53.8 cm³/mol. The lowest BCUT2D eigenvalue weighted by molar-refractivity contribution is -0.889. The molecular weight excluding hydrogens is 160 g/mol. The van der Waals surface area contributed by atoms with Crippen LogP contribution in [0.25, 0.3) is 0 Å². The van der Waals surface area contributed by atoms with Crippen molar-refractivity contribution in [2.75, 3.05) is 19.6 Å². The second-order valence-electron chi connectivity index (χ2n) is 3.87. The molecule has 0 aromatic carbocycles. The lowest BCUT2D eigenvalue weighted by Gasteiger charge is -2.11. The molecule has 1 saturated heterocycles. The molecule has 0 saturated carbocycles. The number of unbranched alkanes of at least 4 members (excludes halogenated alkanes) is 1. The molecule has 0 amide bonds. The molecule has 76 valence electrons. The van der Waals surface area contributed by atoms with E-state index < -0.39 is 0 Å². The number of nitrogens with one attached hydrogen (secondary N) is 1. The summed E-state index contributed by atoms with van der Waals surface area (Å²) in [6, 6.07) is 0. The first kappa shape index (κ1) is 12.4. The summed E-state index contributed by atoms with van der Waals surface area (Å²) in [4.78, 5) is 1.86. The van der Waals surface area contributed by atoms with Crippen molar-refractivity contribution in [2.24, 2.45) is 5.92 Å². The van der Waals surface area contributed by atoms with Crippen LogP contribution in [-0.4, -0.2) is 19.6 Å². The summed E-state index contributed by atoms with van der Waals surface area (Å²) in [5, 5.41) is 6.25. The Morgan fingerprint density at radius 2 is 2.08 bits per heavy atom. The molecule has 1 aliphatic heterocycles. The molecule has 0 aliphatic carbocycles. The highest BCUT2D eigenvalue weighted by Crippen LogP contribution is 2.07. The summed E-state index contributed by atoms with van der Waals surface area (Å²) in [5.74, 6) is 1.04. The standard InChI is InChI=1S/C10H21N.CN/c1-3-5-7-11-8-6-10(4-2)9-11;1-2/h10H,3-9H2,1-2H3;/q;-1/p+1. The van der Waals surface area contributed by atoms with E-state index in [1.807, 2.05) is 4.90 Å². The summed E-state index contributed by atoms with van der Waals surface area (Å²) in [7, 11) is 0. The first-order chi connectivity index (χ1) is 6.36. The molecule has 1 fully saturated rings. The maximum absolute atomic E-state index is 6.25. The van der Waals surface area contributed by atoms with Gasteiger partial charge in [-0.3, -0.25) is 0 Å². The Kier molecular flexibility index (Phi) is 7.73.